The summed E-state index contributed by atoms with van der Waals surface area (Å²) in [7, 11) is 0. The minimum absolute atomic E-state index is 0.00178. The molecule has 0 bridgehead atoms. The largest absolute Gasteiger partial charge is 0.481 e. The van der Waals surface area contributed by atoms with Crippen molar-refractivity contribution in [3.05, 3.63) is 35.9 Å². The molecule has 1 heterocycles. The lowest BCUT2D eigenvalue weighted by Crippen LogP contribution is -2.66. The zero-order valence-electron chi connectivity index (χ0n) is 18.4. The second-order valence-corrected chi connectivity index (χ2v) is 8.76. The molecule has 2 rings (SSSR count). The van der Waals surface area contributed by atoms with Crippen LogP contribution in [-0.4, -0.2) is 39.2 Å². The van der Waals surface area contributed by atoms with Gasteiger partial charge in [0, 0.05) is 23.5 Å². The van der Waals surface area contributed by atoms with Gasteiger partial charge in [0.2, 0.25) is 5.91 Å². The fourth-order valence-electron chi connectivity index (χ4n) is 4.59. The van der Waals surface area contributed by atoms with E-state index in [0.717, 1.165) is 31.2 Å². The van der Waals surface area contributed by atoms with Crippen LogP contribution in [0, 0.1) is 0 Å². The molecule has 1 aliphatic rings. The predicted molar refractivity (Wildman–Crippen MR) is 113 cm³/mol. The molecule has 1 aromatic rings. The molecule has 6 nitrogen and oxygen atoms in total. The Balaban J connectivity index is 2.18. The average Bonchev–Trinajstić information content (AvgIpc) is 2.68. The van der Waals surface area contributed by atoms with Crippen molar-refractivity contribution in [1.82, 2.24) is 10.4 Å². The van der Waals surface area contributed by atoms with E-state index in [1.165, 1.54) is 0 Å². The molecule has 162 valence electrons. The Morgan fingerprint density at radius 1 is 1.17 bits per heavy atom. The number of carbonyl (C=O) groups excluding carboxylic acids is 1. The summed E-state index contributed by atoms with van der Waals surface area (Å²) in [6, 6.07) is 10.2. The Hall–Kier alpha value is -1.92. The average molecular weight is 405 g/mol. The number of carbonyl (C=O) groups is 2. The summed E-state index contributed by atoms with van der Waals surface area (Å²) < 4.78 is 0. The maximum Gasteiger partial charge on any atom is 0.303 e. The Kier molecular flexibility index (Phi) is 7.83. The van der Waals surface area contributed by atoms with Gasteiger partial charge in [-0.15, -0.1) is 0 Å². The van der Waals surface area contributed by atoms with Gasteiger partial charge in [-0.3, -0.25) is 14.4 Å². The van der Waals surface area contributed by atoms with Crippen molar-refractivity contribution >= 4 is 11.9 Å². The van der Waals surface area contributed by atoms with Crippen molar-refractivity contribution in [2.45, 2.75) is 96.4 Å². The first-order valence-electron chi connectivity index (χ1n) is 10.7. The number of carboxylic acids is 1. The third-order valence-electron chi connectivity index (χ3n) is 6.13. The first kappa shape index (κ1) is 23.4. The monoisotopic (exact) mass is 404 g/mol. The number of carboxylic acid groups (broad SMARTS) is 1. The zero-order chi connectivity index (χ0) is 21.7. The van der Waals surface area contributed by atoms with Gasteiger partial charge in [-0.25, -0.2) is 0 Å². The van der Waals surface area contributed by atoms with Crippen molar-refractivity contribution in [3.8, 4) is 0 Å². The molecule has 2 unspecified atom stereocenters. The zero-order valence-corrected chi connectivity index (χ0v) is 18.4. The summed E-state index contributed by atoms with van der Waals surface area (Å²) >= 11 is 0. The highest BCUT2D eigenvalue weighted by molar-refractivity contribution is 5.80. The van der Waals surface area contributed by atoms with Crippen LogP contribution in [0.3, 0.4) is 0 Å². The van der Waals surface area contributed by atoms with Crippen LogP contribution >= 0.6 is 0 Å². The van der Waals surface area contributed by atoms with Crippen molar-refractivity contribution in [2.24, 2.45) is 0 Å². The van der Waals surface area contributed by atoms with Crippen LogP contribution in [0.4, 0.5) is 0 Å². The van der Waals surface area contributed by atoms with Gasteiger partial charge in [0.25, 0.3) is 0 Å². The molecule has 2 N–H and O–H groups in total. The molecule has 0 aliphatic carbocycles. The summed E-state index contributed by atoms with van der Waals surface area (Å²) in [4.78, 5) is 29.6. The normalized spacial score (nSPS) is 22.0. The molecular formula is C23H36N2O4. The van der Waals surface area contributed by atoms with Crippen LogP contribution in [-0.2, 0) is 14.4 Å². The van der Waals surface area contributed by atoms with E-state index in [1.54, 1.807) is 0 Å². The second-order valence-electron chi connectivity index (χ2n) is 8.76. The van der Waals surface area contributed by atoms with E-state index in [1.807, 2.05) is 18.2 Å². The molecule has 2 atom stereocenters. The first-order valence-corrected chi connectivity index (χ1v) is 10.7. The number of hydrogen-bond acceptors (Lipinski definition) is 4. The van der Waals surface area contributed by atoms with Gasteiger partial charge in [0.05, 0.1) is 6.42 Å². The van der Waals surface area contributed by atoms with Gasteiger partial charge < -0.3 is 10.4 Å². The third kappa shape index (κ3) is 5.80. The van der Waals surface area contributed by atoms with Crippen molar-refractivity contribution in [1.29, 1.82) is 0 Å². The van der Waals surface area contributed by atoms with E-state index >= 15 is 0 Å². The number of piperidine rings is 1. The number of hydroxylamine groups is 2. The highest BCUT2D eigenvalue weighted by Gasteiger charge is 2.50. The fraction of sp³-hybridized carbons (Fsp3) is 0.652. The van der Waals surface area contributed by atoms with E-state index in [9.17, 15) is 9.59 Å². The van der Waals surface area contributed by atoms with Crippen LogP contribution in [0.15, 0.2) is 30.3 Å². The third-order valence-corrected chi connectivity index (χ3v) is 6.13. The molecule has 0 aromatic heterocycles. The molecule has 29 heavy (non-hydrogen) atoms. The van der Waals surface area contributed by atoms with E-state index in [0.29, 0.717) is 0 Å². The number of nitrogens with zero attached hydrogens (tertiary/aromatic N) is 1. The van der Waals surface area contributed by atoms with E-state index in [4.69, 9.17) is 9.94 Å². The number of nitrogens with one attached hydrogen (secondary N) is 1. The van der Waals surface area contributed by atoms with Crippen LogP contribution in [0.2, 0.25) is 0 Å². The standard InChI is InChI=1S/C23H36N2O4/c1-6-23(7-2)16-19(24-20(26)13-14-21(27)28)15-22(4,5)25(23)29-17(3)18-11-9-8-10-12-18/h8-12,17,19H,6-7,13-16H2,1-5H3,(H,24,26)(H,27,28). The summed E-state index contributed by atoms with van der Waals surface area (Å²) in [6.45, 7) is 10.7. The Morgan fingerprint density at radius 3 is 2.34 bits per heavy atom. The van der Waals surface area contributed by atoms with Gasteiger partial charge in [0.15, 0.2) is 0 Å². The summed E-state index contributed by atoms with van der Waals surface area (Å²) in [6.07, 6.45) is 3.13. The maximum atomic E-state index is 12.2. The quantitative estimate of drug-likeness (QED) is 0.635. The first-order chi connectivity index (χ1) is 13.6. The Morgan fingerprint density at radius 2 is 1.79 bits per heavy atom. The number of rotatable bonds is 9. The number of aliphatic carboxylic acids is 1. The summed E-state index contributed by atoms with van der Waals surface area (Å²) in [5.74, 6) is -1.14. The SMILES string of the molecule is CCC1(CC)CC(NC(=O)CCC(=O)O)CC(C)(C)N1OC(C)c1ccccc1. The highest BCUT2D eigenvalue weighted by atomic mass is 16.7. The van der Waals surface area contributed by atoms with E-state index < -0.39 is 5.97 Å². The highest BCUT2D eigenvalue weighted by Crippen LogP contribution is 2.44. The molecule has 6 heteroatoms. The molecule has 0 spiro atoms. The van der Waals surface area contributed by atoms with Gasteiger partial charge >= 0.3 is 5.97 Å². The number of hydrogen-bond donors (Lipinski definition) is 2. The van der Waals surface area contributed by atoms with E-state index in [-0.39, 0.29) is 42.0 Å². The lowest BCUT2D eigenvalue weighted by atomic mass is 9.74. The lowest BCUT2D eigenvalue weighted by molar-refractivity contribution is -0.316. The van der Waals surface area contributed by atoms with Crippen molar-refractivity contribution in [3.63, 3.8) is 0 Å². The molecule has 1 saturated heterocycles. The molecule has 1 fully saturated rings. The van der Waals surface area contributed by atoms with Crippen LogP contribution in [0.1, 0.15) is 84.8 Å². The van der Waals surface area contributed by atoms with Crippen LogP contribution < -0.4 is 5.32 Å². The molecule has 0 saturated carbocycles. The maximum absolute atomic E-state index is 12.2. The smallest absolute Gasteiger partial charge is 0.303 e. The van der Waals surface area contributed by atoms with Gasteiger partial charge in [-0.05, 0) is 52.0 Å². The van der Waals surface area contributed by atoms with E-state index in [2.05, 4.69) is 57.1 Å². The summed E-state index contributed by atoms with van der Waals surface area (Å²) in [5.41, 5.74) is 0.654. The summed E-state index contributed by atoms with van der Waals surface area (Å²) in [5, 5.41) is 14.1. The number of amides is 1. The molecule has 1 aromatic carbocycles. The van der Waals surface area contributed by atoms with Gasteiger partial charge in [0.1, 0.15) is 6.10 Å². The number of benzene rings is 1. The topological polar surface area (TPSA) is 78.9 Å². The van der Waals surface area contributed by atoms with Gasteiger partial charge in [-0.1, -0.05) is 44.2 Å². The minimum atomic E-state index is -0.949. The molecule has 1 aliphatic heterocycles. The lowest BCUT2D eigenvalue weighted by Gasteiger charge is -2.57. The van der Waals surface area contributed by atoms with Gasteiger partial charge in [-0.2, -0.15) is 5.06 Å². The second kappa shape index (κ2) is 9.72. The van der Waals surface area contributed by atoms with Crippen molar-refractivity contribution in [2.75, 3.05) is 0 Å². The Labute approximate surface area is 174 Å². The van der Waals surface area contributed by atoms with Crippen LogP contribution in [0.5, 0.6) is 0 Å². The minimum Gasteiger partial charge on any atom is -0.481 e. The molecule has 1 amide bonds. The fourth-order valence-corrected chi connectivity index (χ4v) is 4.59. The Bertz CT molecular complexity index is 685. The molecule has 0 radical (unpaired) electrons. The van der Waals surface area contributed by atoms with Crippen LogP contribution in [0.25, 0.3) is 0 Å². The predicted octanol–water partition coefficient (Wildman–Crippen LogP) is 4.46. The van der Waals surface area contributed by atoms with Crippen molar-refractivity contribution < 1.29 is 19.5 Å². The molecular weight excluding hydrogens is 368 g/mol.